The number of nitrogens with zero attached hydrogens (tertiary/aromatic N) is 1. The van der Waals surface area contributed by atoms with E-state index in [-0.39, 0.29) is 0 Å². The quantitative estimate of drug-likeness (QED) is 0.782. The Morgan fingerprint density at radius 3 is 2.50 bits per heavy atom. The summed E-state index contributed by atoms with van der Waals surface area (Å²) in [4.78, 5) is 2.70. The third-order valence-corrected chi connectivity index (χ3v) is 4.03. The van der Waals surface area contributed by atoms with Gasteiger partial charge in [0.2, 0.25) is 0 Å². The zero-order valence-electron chi connectivity index (χ0n) is 13.4. The van der Waals surface area contributed by atoms with Crippen molar-refractivity contribution in [1.82, 2.24) is 10.2 Å². The number of likely N-dealkylation sites (tertiary alicyclic amines) is 1. The molecule has 2 atom stereocenters. The molecule has 2 unspecified atom stereocenters. The Bertz CT molecular complexity index is 235. The summed E-state index contributed by atoms with van der Waals surface area (Å²) >= 11 is 0. The van der Waals surface area contributed by atoms with Crippen LogP contribution >= 0.6 is 0 Å². The summed E-state index contributed by atoms with van der Waals surface area (Å²) in [6.45, 7) is 18.9. The molecule has 1 heterocycles. The van der Waals surface area contributed by atoms with Gasteiger partial charge in [0.05, 0.1) is 0 Å². The fraction of sp³-hybridized carbons (Fsp3) is 1.00. The normalized spacial score (nSPS) is 26.8. The minimum Gasteiger partial charge on any atom is -0.316 e. The molecule has 0 saturated carbocycles. The molecule has 1 rings (SSSR count). The predicted octanol–water partition coefficient (Wildman–Crippen LogP) is 3.38. The van der Waals surface area contributed by atoms with Gasteiger partial charge in [0.1, 0.15) is 0 Å². The van der Waals surface area contributed by atoms with E-state index in [0.717, 1.165) is 31.0 Å². The van der Waals surface area contributed by atoms with E-state index in [1.807, 2.05) is 0 Å². The molecule has 0 bridgehead atoms. The van der Waals surface area contributed by atoms with Crippen LogP contribution in [0.1, 0.15) is 54.4 Å². The molecule has 1 aliphatic heterocycles. The van der Waals surface area contributed by atoms with Gasteiger partial charge in [0, 0.05) is 25.7 Å². The number of hydrogen-bond donors (Lipinski definition) is 1. The minimum atomic E-state index is 0.375. The maximum Gasteiger partial charge on any atom is 0.00673 e. The minimum absolute atomic E-state index is 0.375. The SMILES string of the molecule is CC(C)CNCC(C)(C)CN1CC(C)CCC1C. The molecule has 1 saturated heterocycles. The van der Waals surface area contributed by atoms with Gasteiger partial charge in [-0.25, -0.2) is 0 Å². The molecule has 2 nitrogen and oxygen atoms in total. The van der Waals surface area contributed by atoms with Gasteiger partial charge in [-0.2, -0.15) is 0 Å². The lowest BCUT2D eigenvalue weighted by Crippen LogP contribution is -2.48. The molecule has 0 aromatic carbocycles. The van der Waals surface area contributed by atoms with Crippen LogP contribution in [0.15, 0.2) is 0 Å². The molecule has 2 heteroatoms. The molecule has 18 heavy (non-hydrogen) atoms. The first kappa shape index (κ1) is 16.0. The Balaban J connectivity index is 2.38. The van der Waals surface area contributed by atoms with Crippen LogP contribution in [0.2, 0.25) is 0 Å². The zero-order chi connectivity index (χ0) is 13.8. The molecule has 0 spiro atoms. The van der Waals surface area contributed by atoms with E-state index in [9.17, 15) is 0 Å². The van der Waals surface area contributed by atoms with Crippen molar-refractivity contribution in [1.29, 1.82) is 0 Å². The van der Waals surface area contributed by atoms with Crippen LogP contribution in [-0.2, 0) is 0 Å². The Morgan fingerprint density at radius 2 is 1.89 bits per heavy atom. The van der Waals surface area contributed by atoms with Crippen molar-refractivity contribution in [2.75, 3.05) is 26.2 Å². The third kappa shape index (κ3) is 5.71. The first-order valence-electron chi connectivity index (χ1n) is 7.75. The van der Waals surface area contributed by atoms with Crippen molar-refractivity contribution >= 4 is 0 Å². The lowest BCUT2D eigenvalue weighted by Gasteiger charge is -2.41. The fourth-order valence-electron chi connectivity index (χ4n) is 2.91. The molecule has 1 N–H and O–H groups in total. The average Bonchev–Trinajstić information content (AvgIpc) is 2.22. The summed E-state index contributed by atoms with van der Waals surface area (Å²) in [5.41, 5.74) is 0.375. The number of rotatable bonds is 6. The smallest absolute Gasteiger partial charge is 0.00673 e. The summed E-state index contributed by atoms with van der Waals surface area (Å²) in [6.07, 6.45) is 2.78. The highest BCUT2D eigenvalue weighted by atomic mass is 15.2. The first-order valence-corrected chi connectivity index (χ1v) is 7.75. The monoisotopic (exact) mass is 254 g/mol. The fourth-order valence-corrected chi connectivity index (χ4v) is 2.91. The van der Waals surface area contributed by atoms with Gasteiger partial charge in [-0.05, 0) is 43.6 Å². The molecule has 0 amide bonds. The highest BCUT2D eigenvalue weighted by Crippen LogP contribution is 2.25. The molecule has 108 valence electrons. The van der Waals surface area contributed by atoms with E-state index in [0.29, 0.717) is 5.41 Å². The Hall–Kier alpha value is -0.0800. The van der Waals surface area contributed by atoms with Crippen molar-refractivity contribution < 1.29 is 0 Å². The Labute approximate surface area is 115 Å². The number of piperidine rings is 1. The van der Waals surface area contributed by atoms with E-state index < -0.39 is 0 Å². The predicted molar refractivity (Wildman–Crippen MR) is 80.9 cm³/mol. The highest BCUT2D eigenvalue weighted by molar-refractivity contribution is 4.83. The van der Waals surface area contributed by atoms with E-state index in [2.05, 4.69) is 51.8 Å². The van der Waals surface area contributed by atoms with Crippen LogP contribution in [0.3, 0.4) is 0 Å². The topological polar surface area (TPSA) is 15.3 Å². The van der Waals surface area contributed by atoms with E-state index in [4.69, 9.17) is 0 Å². The average molecular weight is 254 g/mol. The van der Waals surface area contributed by atoms with Crippen LogP contribution < -0.4 is 5.32 Å². The van der Waals surface area contributed by atoms with Gasteiger partial charge in [0.25, 0.3) is 0 Å². The molecular weight excluding hydrogens is 220 g/mol. The maximum absolute atomic E-state index is 3.61. The first-order chi connectivity index (χ1) is 8.30. The zero-order valence-corrected chi connectivity index (χ0v) is 13.4. The third-order valence-electron chi connectivity index (χ3n) is 4.03. The molecule has 0 aromatic rings. The molecular formula is C16H34N2. The standard InChI is InChI=1S/C16H34N2/c1-13(2)9-17-11-16(5,6)12-18-10-14(3)7-8-15(18)4/h13-15,17H,7-12H2,1-6H3. The second-order valence-electron chi connectivity index (χ2n) is 7.65. The maximum atomic E-state index is 3.61. The molecule has 0 aliphatic carbocycles. The molecule has 0 radical (unpaired) electrons. The van der Waals surface area contributed by atoms with Crippen LogP contribution in [-0.4, -0.2) is 37.1 Å². The summed E-state index contributed by atoms with van der Waals surface area (Å²) in [5, 5.41) is 3.61. The van der Waals surface area contributed by atoms with E-state index in [1.54, 1.807) is 0 Å². The van der Waals surface area contributed by atoms with Gasteiger partial charge < -0.3 is 5.32 Å². The largest absolute Gasteiger partial charge is 0.316 e. The lowest BCUT2D eigenvalue weighted by molar-refractivity contribution is 0.0795. The highest BCUT2D eigenvalue weighted by Gasteiger charge is 2.28. The van der Waals surface area contributed by atoms with Gasteiger partial charge in [-0.3, -0.25) is 4.90 Å². The number of hydrogen-bond acceptors (Lipinski definition) is 2. The summed E-state index contributed by atoms with van der Waals surface area (Å²) < 4.78 is 0. The van der Waals surface area contributed by atoms with Crippen molar-refractivity contribution in [2.24, 2.45) is 17.3 Å². The molecule has 1 fully saturated rings. The summed E-state index contributed by atoms with van der Waals surface area (Å²) in [5.74, 6) is 1.62. The van der Waals surface area contributed by atoms with Crippen LogP contribution in [0, 0.1) is 17.3 Å². The van der Waals surface area contributed by atoms with Gasteiger partial charge in [-0.15, -0.1) is 0 Å². The van der Waals surface area contributed by atoms with Crippen molar-refractivity contribution in [3.8, 4) is 0 Å². The Kier molecular flexibility index (Phi) is 6.13. The summed E-state index contributed by atoms with van der Waals surface area (Å²) in [6, 6.07) is 0.769. The Morgan fingerprint density at radius 1 is 1.22 bits per heavy atom. The van der Waals surface area contributed by atoms with Crippen LogP contribution in [0.5, 0.6) is 0 Å². The molecule has 0 aromatic heterocycles. The molecule has 1 aliphatic rings. The van der Waals surface area contributed by atoms with Crippen molar-refractivity contribution in [2.45, 2.75) is 60.4 Å². The summed E-state index contributed by atoms with van der Waals surface area (Å²) in [7, 11) is 0. The van der Waals surface area contributed by atoms with Gasteiger partial charge in [-0.1, -0.05) is 34.6 Å². The van der Waals surface area contributed by atoms with Crippen LogP contribution in [0.4, 0.5) is 0 Å². The van der Waals surface area contributed by atoms with Crippen LogP contribution in [0.25, 0.3) is 0 Å². The van der Waals surface area contributed by atoms with E-state index in [1.165, 1.54) is 25.9 Å². The van der Waals surface area contributed by atoms with Crippen molar-refractivity contribution in [3.05, 3.63) is 0 Å². The second-order valence-corrected chi connectivity index (χ2v) is 7.65. The van der Waals surface area contributed by atoms with E-state index >= 15 is 0 Å². The second kappa shape index (κ2) is 6.91. The van der Waals surface area contributed by atoms with Gasteiger partial charge >= 0.3 is 0 Å². The number of nitrogens with one attached hydrogen (secondary N) is 1. The van der Waals surface area contributed by atoms with Crippen molar-refractivity contribution in [3.63, 3.8) is 0 Å². The van der Waals surface area contributed by atoms with Gasteiger partial charge in [0.15, 0.2) is 0 Å². The lowest BCUT2D eigenvalue weighted by atomic mass is 9.88.